The van der Waals surface area contributed by atoms with Crippen LogP contribution < -0.4 is 16.1 Å². The molecule has 0 fully saturated rings. The number of nitrogens with two attached hydrogens (primary N) is 1. The Morgan fingerprint density at radius 3 is 2.71 bits per heavy atom. The largest absolute Gasteiger partial charge is 0.484 e. The van der Waals surface area contributed by atoms with Gasteiger partial charge in [0.05, 0.1) is 6.61 Å². The second-order valence-corrected chi connectivity index (χ2v) is 5.21. The van der Waals surface area contributed by atoms with Crippen LogP contribution in [0.3, 0.4) is 0 Å². The van der Waals surface area contributed by atoms with Gasteiger partial charge in [-0.15, -0.1) is 0 Å². The Morgan fingerprint density at radius 2 is 2.04 bits per heavy atom. The van der Waals surface area contributed by atoms with Crippen molar-refractivity contribution < 1.29 is 23.5 Å². The molecular formula is C17H19NO6. The third-order valence-corrected chi connectivity index (χ3v) is 3.52. The number of esters is 1. The molecule has 0 radical (unpaired) electrons. The summed E-state index contributed by atoms with van der Waals surface area (Å²) < 4.78 is 15.4. The van der Waals surface area contributed by atoms with Crippen LogP contribution in [-0.4, -0.2) is 25.1 Å². The van der Waals surface area contributed by atoms with Crippen molar-refractivity contribution in [3.8, 4) is 5.75 Å². The number of carbonyl (C=O) groups is 2. The van der Waals surface area contributed by atoms with Crippen molar-refractivity contribution in [2.45, 2.75) is 26.7 Å². The molecule has 128 valence electrons. The maximum atomic E-state index is 12.2. The second kappa shape index (κ2) is 7.63. The lowest BCUT2D eigenvalue weighted by atomic mass is 10.0. The third kappa shape index (κ3) is 4.13. The molecule has 1 heterocycles. The summed E-state index contributed by atoms with van der Waals surface area (Å²) >= 11 is 0. The van der Waals surface area contributed by atoms with Crippen molar-refractivity contribution in [2.75, 3.05) is 13.2 Å². The Hall–Kier alpha value is -2.83. The van der Waals surface area contributed by atoms with Gasteiger partial charge in [0.15, 0.2) is 6.61 Å². The number of ether oxygens (including phenoxy) is 2. The van der Waals surface area contributed by atoms with Crippen LogP contribution in [0, 0.1) is 6.92 Å². The number of rotatable bonds is 7. The fourth-order valence-corrected chi connectivity index (χ4v) is 2.37. The second-order valence-electron chi connectivity index (χ2n) is 5.21. The van der Waals surface area contributed by atoms with E-state index in [0.717, 1.165) is 10.9 Å². The Labute approximate surface area is 138 Å². The first-order chi connectivity index (χ1) is 11.4. The van der Waals surface area contributed by atoms with Crippen LogP contribution in [0.1, 0.15) is 24.5 Å². The van der Waals surface area contributed by atoms with Crippen molar-refractivity contribution in [3.05, 3.63) is 39.7 Å². The molecule has 0 saturated carbocycles. The molecule has 2 aromatic rings. The average molecular weight is 333 g/mol. The van der Waals surface area contributed by atoms with Gasteiger partial charge in [-0.25, -0.2) is 4.79 Å². The van der Waals surface area contributed by atoms with E-state index in [0.29, 0.717) is 23.5 Å². The standard InChI is InChI=1S/C17H19NO6/c1-3-22-16(20)7-6-13-10(2)12-5-4-11(23-9-15(18)19)8-14(12)24-17(13)21/h4-5,8H,3,6-7,9H2,1-2H3,(H2,18,19). The van der Waals surface area contributed by atoms with Crippen LogP contribution >= 0.6 is 0 Å². The number of benzene rings is 1. The highest BCUT2D eigenvalue weighted by Crippen LogP contribution is 2.24. The zero-order valence-corrected chi connectivity index (χ0v) is 13.6. The van der Waals surface area contributed by atoms with Crippen molar-refractivity contribution in [1.82, 2.24) is 0 Å². The molecule has 0 aliphatic rings. The lowest BCUT2D eigenvalue weighted by molar-refractivity contribution is -0.143. The minimum absolute atomic E-state index is 0.116. The smallest absolute Gasteiger partial charge is 0.339 e. The van der Waals surface area contributed by atoms with Gasteiger partial charge in [-0.05, 0) is 38.0 Å². The van der Waals surface area contributed by atoms with Crippen LogP contribution in [0.4, 0.5) is 0 Å². The Morgan fingerprint density at radius 1 is 1.29 bits per heavy atom. The van der Waals surface area contributed by atoms with Crippen LogP contribution in [-0.2, 0) is 20.7 Å². The van der Waals surface area contributed by atoms with E-state index >= 15 is 0 Å². The highest BCUT2D eigenvalue weighted by molar-refractivity contribution is 5.82. The fourth-order valence-electron chi connectivity index (χ4n) is 2.37. The van der Waals surface area contributed by atoms with Gasteiger partial charge in [0.25, 0.3) is 5.91 Å². The maximum absolute atomic E-state index is 12.2. The predicted molar refractivity (Wildman–Crippen MR) is 86.9 cm³/mol. The zero-order valence-electron chi connectivity index (χ0n) is 13.6. The highest BCUT2D eigenvalue weighted by Gasteiger charge is 2.14. The van der Waals surface area contributed by atoms with E-state index in [2.05, 4.69) is 0 Å². The van der Waals surface area contributed by atoms with Crippen molar-refractivity contribution in [1.29, 1.82) is 0 Å². The summed E-state index contributed by atoms with van der Waals surface area (Å²) in [6, 6.07) is 4.92. The quantitative estimate of drug-likeness (QED) is 0.607. The molecule has 1 aromatic carbocycles. The lowest BCUT2D eigenvalue weighted by Gasteiger charge is -2.09. The van der Waals surface area contributed by atoms with Gasteiger partial charge in [0.2, 0.25) is 0 Å². The van der Waals surface area contributed by atoms with Crippen LogP contribution in [0.15, 0.2) is 27.4 Å². The molecule has 7 heteroatoms. The highest BCUT2D eigenvalue weighted by atomic mass is 16.5. The van der Waals surface area contributed by atoms with E-state index in [1.807, 2.05) is 0 Å². The van der Waals surface area contributed by atoms with E-state index in [1.54, 1.807) is 26.0 Å². The van der Waals surface area contributed by atoms with Gasteiger partial charge in [0, 0.05) is 23.4 Å². The van der Waals surface area contributed by atoms with Crippen molar-refractivity contribution >= 4 is 22.8 Å². The van der Waals surface area contributed by atoms with Crippen LogP contribution in [0.25, 0.3) is 11.0 Å². The fraction of sp³-hybridized carbons (Fsp3) is 0.353. The molecule has 0 atom stereocenters. The molecule has 0 aliphatic heterocycles. The van der Waals surface area contributed by atoms with E-state index in [9.17, 15) is 14.4 Å². The first-order valence-corrected chi connectivity index (χ1v) is 7.55. The molecule has 2 rings (SSSR count). The van der Waals surface area contributed by atoms with Gasteiger partial charge in [-0.1, -0.05) is 0 Å². The summed E-state index contributed by atoms with van der Waals surface area (Å²) in [6.45, 7) is 3.57. The number of primary amides is 1. The van der Waals surface area contributed by atoms with Crippen molar-refractivity contribution in [3.63, 3.8) is 0 Å². The van der Waals surface area contributed by atoms with E-state index < -0.39 is 11.5 Å². The number of aryl methyl sites for hydroxylation is 1. The summed E-state index contributed by atoms with van der Waals surface area (Å²) in [4.78, 5) is 34.4. The monoisotopic (exact) mass is 333 g/mol. The lowest BCUT2D eigenvalue weighted by Crippen LogP contribution is -2.20. The van der Waals surface area contributed by atoms with Gasteiger partial charge in [-0.3, -0.25) is 9.59 Å². The van der Waals surface area contributed by atoms with Crippen LogP contribution in [0.2, 0.25) is 0 Å². The summed E-state index contributed by atoms with van der Waals surface area (Å²) in [5.74, 6) is -0.572. The topological polar surface area (TPSA) is 109 Å². The molecule has 2 N–H and O–H groups in total. The molecule has 1 aromatic heterocycles. The molecule has 0 bridgehead atoms. The molecule has 0 unspecified atom stereocenters. The Bertz CT molecular complexity index is 824. The third-order valence-electron chi connectivity index (χ3n) is 3.52. The molecule has 0 saturated heterocycles. The zero-order chi connectivity index (χ0) is 17.7. The summed E-state index contributed by atoms with van der Waals surface area (Å²) in [5.41, 5.74) is 6.06. The minimum Gasteiger partial charge on any atom is -0.484 e. The van der Waals surface area contributed by atoms with E-state index in [-0.39, 0.29) is 25.4 Å². The number of hydrogen-bond donors (Lipinski definition) is 1. The molecule has 1 amide bonds. The number of fused-ring (bicyclic) bond motifs is 1. The summed E-state index contributed by atoms with van der Waals surface area (Å²) in [5, 5.41) is 0.736. The van der Waals surface area contributed by atoms with Gasteiger partial charge < -0.3 is 19.6 Å². The Kier molecular flexibility index (Phi) is 5.57. The maximum Gasteiger partial charge on any atom is 0.339 e. The molecule has 0 aliphatic carbocycles. The number of carbonyl (C=O) groups excluding carboxylic acids is 2. The molecule has 7 nitrogen and oxygen atoms in total. The Balaban J connectivity index is 2.29. The predicted octanol–water partition coefficient (Wildman–Crippen LogP) is 1.46. The summed E-state index contributed by atoms with van der Waals surface area (Å²) in [7, 11) is 0. The molecular weight excluding hydrogens is 314 g/mol. The molecule has 24 heavy (non-hydrogen) atoms. The van der Waals surface area contributed by atoms with E-state index in [4.69, 9.17) is 19.6 Å². The normalized spacial score (nSPS) is 10.6. The first kappa shape index (κ1) is 17.5. The number of amides is 1. The average Bonchev–Trinajstić information content (AvgIpc) is 2.52. The van der Waals surface area contributed by atoms with Crippen LogP contribution in [0.5, 0.6) is 5.75 Å². The summed E-state index contributed by atoms with van der Waals surface area (Å²) in [6.07, 6.45) is 0.369. The minimum atomic E-state index is -0.595. The van der Waals surface area contributed by atoms with Gasteiger partial charge >= 0.3 is 11.6 Å². The van der Waals surface area contributed by atoms with E-state index in [1.165, 1.54) is 6.07 Å². The van der Waals surface area contributed by atoms with Crippen molar-refractivity contribution in [2.24, 2.45) is 5.73 Å². The van der Waals surface area contributed by atoms with Gasteiger partial charge in [0.1, 0.15) is 11.3 Å². The number of hydrogen-bond acceptors (Lipinski definition) is 6. The van der Waals surface area contributed by atoms with Gasteiger partial charge in [-0.2, -0.15) is 0 Å². The SMILES string of the molecule is CCOC(=O)CCc1c(C)c2ccc(OCC(N)=O)cc2oc1=O. The molecule has 0 spiro atoms. The first-order valence-electron chi connectivity index (χ1n) is 7.55.